The monoisotopic (exact) mass is 259 g/mol. The lowest BCUT2D eigenvalue weighted by Gasteiger charge is -2.19. The van der Waals surface area contributed by atoms with E-state index in [-0.39, 0.29) is 0 Å². The van der Waals surface area contributed by atoms with Crippen LogP contribution in [0.5, 0.6) is 11.5 Å². The fourth-order valence-corrected chi connectivity index (χ4v) is 2.19. The van der Waals surface area contributed by atoms with Gasteiger partial charge in [-0.15, -0.1) is 0 Å². The lowest BCUT2D eigenvalue weighted by Crippen LogP contribution is -2.17. The van der Waals surface area contributed by atoms with Crippen LogP contribution in [0.15, 0.2) is 6.07 Å². The molecular weight excluding hydrogens is 242 g/mol. The number of ether oxygens (including phenoxy) is 2. The number of methoxy groups -OCH3 is 2. The molecule has 0 saturated carbocycles. The Morgan fingerprint density at radius 1 is 1.35 bits per heavy atom. The topological polar surface area (TPSA) is 50.7 Å². The Morgan fingerprint density at radius 2 is 1.94 bits per heavy atom. The Kier molecular flexibility index (Phi) is 5.05. The third-order valence-corrected chi connectivity index (χ3v) is 2.90. The molecule has 0 aliphatic heterocycles. The van der Waals surface area contributed by atoms with Gasteiger partial charge in [0.05, 0.1) is 20.3 Å². The van der Waals surface area contributed by atoms with E-state index >= 15 is 0 Å². The molecule has 5 heteroatoms. The lowest BCUT2D eigenvalue weighted by atomic mass is 10.0. The number of aryl methyl sites for hydroxylation is 1. The van der Waals surface area contributed by atoms with Crippen LogP contribution in [-0.2, 0) is 0 Å². The molecule has 1 rings (SSSR count). The van der Waals surface area contributed by atoms with E-state index in [1.54, 1.807) is 14.2 Å². The van der Waals surface area contributed by atoms with Gasteiger partial charge in [0.25, 0.3) is 0 Å². The van der Waals surface area contributed by atoms with Crippen molar-refractivity contribution in [3.8, 4) is 11.5 Å². The number of aliphatic hydroxyl groups is 1. The first kappa shape index (κ1) is 14.1. The van der Waals surface area contributed by atoms with E-state index in [1.165, 1.54) is 7.11 Å². The van der Waals surface area contributed by atoms with Crippen molar-refractivity contribution in [2.75, 3.05) is 27.8 Å². The van der Waals surface area contributed by atoms with E-state index in [2.05, 4.69) is 5.32 Å². The molecule has 0 fully saturated rings. The summed E-state index contributed by atoms with van der Waals surface area (Å²) in [5, 5.41) is 13.3. The van der Waals surface area contributed by atoms with Gasteiger partial charge in [0.15, 0.2) is 0 Å². The maximum absolute atomic E-state index is 10.0. The highest BCUT2D eigenvalue weighted by molar-refractivity contribution is 6.33. The van der Waals surface area contributed by atoms with Crippen LogP contribution < -0.4 is 14.8 Å². The third-order valence-electron chi connectivity index (χ3n) is 2.56. The van der Waals surface area contributed by atoms with Crippen molar-refractivity contribution >= 4 is 11.6 Å². The summed E-state index contributed by atoms with van der Waals surface area (Å²) in [6.07, 6.45) is -0.669. The van der Waals surface area contributed by atoms with E-state index in [0.29, 0.717) is 28.6 Å². The van der Waals surface area contributed by atoms with Crippen molar-refractivity contribution in [3.63, 3.8) is 0 Å². The molecule has 0 spiro atoms. The zero-order valence-electron chi connectivity index (χ0n) is 10.5. The van der Waals surface area contributed by atoms with E-state index in [1.807, 2.05) is 13.0 Å². The first-order valence-electron chi connectivity index (χ1n) is 5.30. The van der Waals surface area contributed by atoms with Crippen LogP contribution in [0.1, 0.15) is 17.2 Å². The summed E-state index contributed by atoms with van der Waals surface area (Å²) in [5.74, 6) is 1.03. The molecule has 0 heterocycles. The van der Waals surface area contributed by atoms with Crippen molar-refractivity contribution in [1.82, 2.24) is 5.32 Å². The molecule has 2 N–H and O–H groups in total. The predicted octanol–water partition coefficient (Wildman–Crippen LogP) is 1.92. The molecule has 96 valence electrons. The number of nitrogens with one attached hydrogen (secondary N) is 1. The minimum Gasteiger partial charge on any atom is -0.495 e. The van der Waals surface area contributed by atoms with Gasteiger partial charge in [0, 0.05) is 12.1 Å². The molecule has 1 aromatic rings. The summed E-state index contributed by atoms with van der Waals surface area (Å²) in [6, 6.07) is 1.82. The van der Waals surface area contributed by atoms with Crippen molar-refractivity contribution in [1.29, 1.82) is 0 Å². The summed E-state index contributed by atoms with van der Waals surface area (Å²) in [5.41, 5.74) is 1.52. The molecule has 0 aliphatic carbocycles. The molecule has 1 unspecified atom stereocenters. The van der Waals surface area contributed by atoms with Gasteiger partial charge in [-0.05, 0) is 25.6 Å². The molecule has 0 radical (unpaired) electrons. The van der Waals surface area contributed by atoms with Crippen molar-refractivity contribution in [2.45, 2.75) is 13.0 Å². The van der Waals surface area contributed by atoms with Crippen LogP contribution in [0.25, 0.3) is 0 Å². The van der Waals surface area contributed by atoms with E-state index in [4.69, 9.17) is 21.1 Å². The standard InChI is InChI=1S/C12H18ClNO3/c1-7-5-8(9(15)6-14-2)12(17-4)10(13)11(7)16-3/h5,9,14-15H,6H2,1-4H3. The largest absolute Gasteiger partial charge is 0.495 e. The van der Waals surface area contributed by atoms with Crippen LogP contribution >= 0.6 is 11.6 Å². The Hall–Kier alpha value is -0.970. The van der Waals surface area contributed by atoms with E-state index < -0.39 is 6.10 Å². The van der Waals surface area contributed by atoms with Crippen molar-refractivity contribution in [3.05, 3.63) is 22.2 Å². The number of aliphatic hydroxyl groups excluding tert-OH is 1. The minimum atomic E-state index is -0.669. The molecule has 0 saturated heterocycles. The van der Waals surface area contributed by atoms with Gasteiger partial charge < -0.3 is 19.9 Å². The smallest absolute Gasteiger partial charge is 0.147 e. The van der Waals surface area contributed by atoms with Gasteiger partial charge in [-0.2, -0.15) is 0 Å². The highest BCUT2D eigenvalue weighted by atomic mass is 35.5. The van der Waals surface area contributed by atoms with E-state index in [0.717, 1.165) is 5.56 Å². The van der Waals surface area contributed by atoms with Crippen molar-refractivity contribution < 1.29 is 14.6 Å². The summed E-state index contributed by atoms with van der Waals surface area (Å²) >= 11 is 6.18. The molecule has 17 heavy (non-hydrogen) atoms. The molecule has 1 atom stereocenters. The van der Waals surface area contributed by atoms with Gasteiger partial charge in [0.1, 0.15) is 16.5 Å². The molecular formula is C12H18ClNO3. The van der Waals surface area contributed by atoms with Gasteiger partial charge in [-0.3, -0.25) is 0 Å². The van der Waals surface area contributed by atoms with Gasteiger partial charge in [-0.25, -0.2) is 0 Å². The quantitative estimate of drug-likeness (QED) is 0.848. The zero-order chi connectivity index (χ0) is 13.0. The second-order valence-corrected chi connectivity index (χ2v) is 4.11. The number of hydrogen-bond donors (Lipinski definition) is 2. The molecule has 0 aliphatic rings. The molecule has 0 aromatic heterocycles. The summed E-state index contributed by atoms with van der Waals surface area (Å²) < 4.78 is 10.4. The highest BCUT2D eigenvalue weighted by Gasteiger charge is 2.20. The first-order valence-corrected chi connectivity index (χ1v) is 5.68. The fraction of sp³-hybridized carbons (Fsp3) is 0.500. The van der Waals surface area contributed by atoms with Crippen LogP contribution in [0.3, 0.4) is 0 Å². The Morgan fingerprint density at radius 3 is 2.41 bits per heavy atom. The van der Waals surface area contributed by atoms with Crippen LogP contribution in [-0.4, -0.2) is 32.9 Å². The Balaban J connectivity index is 3.31. The van der Waals surface area contributed by atoms with E-state index in [9.17, 15) is 5.11 Å². The number of benzene rings is 1. The predicted molar refractivity (Wildman–Crippen MR) is 68.2 cm³/mol. The maximum Gasteiger partial charge on any atom is 0.147 e. The minimum absolute atomic E-state index is 0.389. The molecule has 4 nitrogen and oxygen atoms in total. The Bertz CT molecular complexity index is 396. The third kappa shape index (κ3) is 2.83. The van der Waals surface area contributed by atoms with Crippen LogP contribution in [0.2, 0.25) is 5.02 Å². The zero-order valence-corrected chi connectivity index (χ0v) is 11.3. The first-order chi connectivity index (χ1) is 8.06. The number of halogens is 1. The SMILES string of the molecule is CNCC(O)c1cc(C)c(OC)c(Cl)c1OC. The number of rotatable bonds is 5. The summed E-state index contributed by atoms with van der Waals surface area (Å²) in [7, 11) is 4.84. The van der Waals surface area contributed by atoms with Gasteiger partial charge in [-0.1, -0.05) is 11.6 Å². The average molecular weight is 260 g/mol. The fourth-order valence-electron chi connectivity index (χ4n) is 1.78. The van der Waals surface area contributed by atoms with Crippen LogP contribution in [0.4, 0.5) is 0 Å². The summed E-state index contributed by atoms with van der Waals surface area (Å²) in [6.45, 7) is 2.30. The second kappa shape index (κ2) is 6.10. The Labute approximate surface area is 106 Å². The van der Waals surface area contributed by atoms with Crippen molar-refractivity contribution in [2.24, 2.45) is 0 Å². The number of hydrogen-bond acceptors (Lipinski definition) is 4. The molecule has 0 bridgehead atoms. The van der Waals surface area contributed by atoms with Gasteiger partial charge in [0.2, 0.25) is 0 Å². The molecule has 0 amide bonds. The normalized spacial score (nSPS) is 12.4. The average Bonchev–Trinajstić information content (AvgIpc) is 2.29. The van der Waals surface area contributed by atoms with Gasteiger partial charge >= 0.3 is 0 Å². The lowest BCUT2D eigenvalue weighted by molar-refractivity contribution is 0.173. The maximum atomic E-state index is 10.0. The summed E-state index contributed by atoms with van der Waals surface area (Å²) in [4.78, 5) is 0. The second-order valence-electron chi connectivity index (χ2n) is 3.74. The number of likely N-dealkylation sites (N-methyl/N-ethyl adjacent to an activating group) is 1. The molecule has 1 aromatic carbocycles. The highest BCUT2D eigenvalue weighted by Crippen LogP contribution is 2.41. The van der Waals surface area contributed by atoms with Crippen LogP contribution in [0, 0.1) is 6.92 Å².